The van der Waals surface area contributed by atoms with Gasteiger partial charge in [0, 0.05) is 31.7 Å². The van der Waals surface area contributed by atoms with E-state index in [-0.39, 0.29) is 37.0 Å². The van der Waals surface area contributed by atoms with Crippen molar-refractivity contribution in [3.63, 3.8) is 0 Å². The Labute approximate surface area is 178 Å². The zero-order valence-electron chi connectivity index (χ0n) is 15.5. The van der Waals surface area contributed by atoms with Crippen LogP contribution in [0.25, 0.3) is 0 Å². The van der Waals surface area contributed by atoms with Gasteiger partial charge in [0.25, 0.3) is 0 Å². The molecular weight excluding hydrogens is 397 g/mol. The molecule has 2 aliphatic rings. The summed E-state index contributed by atoms with van der Waals surface area (Å²) in [5.41, 5.74) is 2.88. The second-order valence-electron chi connectivity index (χ2n) is 6.74. The minimum absolute atomic E-state index is 0. The number of nitrogens with one attached hydrogen (secondary N) is 1. The van der Waals surface area contributed by atoms with Crippen LogP contribution in [0.3, 0.4) is 0 Å². The first-order valence-corrected chi connectivity index (χ1v) is 9.12. The van der Waals surface area contributed by atoms with Crippen molar-refractivity contribution in [2.75, 3.05) is 32.8 Å². The van der Waals surface area contributed by atoms with Crippen LogP contribution in [0, 0.1) is 11.3 Å². The highest BCUT2D eigenvalue weighted by atomic mass is 35.5. The molecule has 2 atom stereocenters. The summed E-state index contributed by atoms with van der Waals surface area (Å²) in [5.74, 6) is 0.961. The van der Waals surface area contributed by atoms with Gasteiger partial charge in [-0.3, -0.25) is 4.90 Å². The summed E-state index contributed by atoms with van der Waals surface area (Å²) >= 11 is 0. The molecule has 1 fully saturated rings. The van der Waals surface area contributed by atoms with Crippen LogP contribution in [0.5, 0.6) is 5.75 Å². The molecule has 7 heteroatoms. The number of piperazine rings is 1. The molecule has 4 rings (SSSR count). The molecule has 1 N–H and O–H groups in total. The Balaban J connectivity index is 0.00000140. The molecule has 5 nitrogen and oxygen atoms in total. The van der Waals surface area contributed by atoms with Gasteiger partial charge in [-0.2, -0.15) is 5.26 Å². The van der Waals surface area contributed by atoms with Gasteiger partial charge in [0.05, 0.1) is 24.3 Å². The maximum Gasteiger partial charge on any atom is 0.124 e. The molecule has 0 aliphatic carbocycles. The van der Waals surface area contributed by atoms with Gasteiger partial charge >= 0.3 is 0 Å². The molecular formula is C21H25Cl2N3O2. The summed E-state index contributed by atoms with van der Waals surface area (Å²) in [4.78, 5) is 2.49. The van der Waals surface area contributed by atoms with E-state index < -0.39 is 0 Å². The van der Waals surface area contributed by atoms with Crippen LogP contribution >= 0.6 is 24.8 Å². The number of hydrogen-bond donors (Lipinski definition) is 1. The number of nitriles is 1. The van der Waals surface area contributed by atoms with Crippen LogP contribution in [-0.4, -0.2) is 43.8 Å². The number of rotatable bonds is 4. The van der Waals surface area contributed by atoms with Crippen LogP contribution < -0.4 is 10.1 Å². The molecule has 2 heterocycles. The van der Waals surface area contributed by atoms with Gasteiger partial charge in [0.1, 0.15) is 18.5 Å². The van der Waals surface area contributed by atoms with E-state index in [4.69, 9.17) is 14.7 Å². The Morgan fingerprint density at radius 1 is 1.11 bits per heavy atom. The molecule has 2 aromatic rings. The lowest BCUT2D eigenvalue weighted by Crippen LogP contribution is -2.51. The van der Waals surface area contributed by atoms with Crippen LogP contribution in [0.4, 0.5) is 0 Å². The number of hydrogen-bond acceptors (Lipinski definition) is 5. The maximum absolute atomic E-state index is 9.08. The molecule has 0 bridgehead atoms. The van der Waals surface area contributed by atoms with E-state index in [0.717, 1.165) is 37.5 Å². The molecule has 150 valence electrons. The first-order chi connectivity index (χ1) is 12.8. The highest BCUT2D eigenvalue weighted by Gasteiger charge is 2.36. The number of ether oxygens (including phenoxy) is 2. The predicted octanol–water partition coefficient (Wildman–Crippen LogP) is 3.33. The minimum atomic E-state index is -0.0336. The van der Waals surface area contributed by atoms with Crippen LogP contribution in [0.1, 0.15) is 22.7 Å². The van der Waals surface area contributed by atoms with Gasteiger partial charge in [-0.1, -0.05) is 30.3 Å². The van der Waals surface area contributed by atoms with E-state index >= 15 is 0 Å². The van der Waals surface area contributed by atoms with Crippen molar-refractivity contribution < 1.29 is 9.47 Å². The number of benzene rings is 2. The van der Waals surface area contributed by atoms with E-state index in [1.54, 1.807) is 0 Å². The lowest BCUT2D eigenvalue weighted by atomic mass is 9.95. The van der Waals surface area contributed by atoms with E-state index in [2.05, 4.69) is 28.4 Å². The quantitative estimate of drug-likeness (QED) is 0.820. The fourth-order valence-electron chi connectivity index (χ4n) is 3.78. The Morgan fingerprint density at radius 3 is 2.68 bits per heavy atom. The van der Waals surface area contributed by atoms with Crippen molar-refractivity contribution in [3.8, 4) is 11.8 Å². The lowest BCUT2D eigenvalue weighted by molar-refractivity contribution is -0.0617. The van der Waals surface area contributed by atoms with Gasteiger partial charge in [0.2, 0.25) is 0 Å². The number of nitrogens with zero attached hydrogens (tertiary/aromatic N) is 2. The predicted molar refractivity (Wildman–Crippen MR) is 113 cm³/mol. The molecule has 0 radical (unpaired) electrons. The smallest absolute Gasteiger partial charge is 0.124 e. The van der Waals surface area contributed by atoms with E-state index in [9.17, 15) is 0 Å². The van der Waals surface area contributed by atoms with Crippen molar-refractivity contribution in [2.45, 2.75) is 18.8 Å². The van der Waals surface area contributed by atoms with Crippen molar-refractivity contribution >= 4 is 24.8 Å². The Hall–Kier alpha value is -1.81. The SMILES string of the molecule is Cl.Cl.N#Cc1cccc(CO[C@@H]2COc3ccccc3[C@H]2N2CCNCC2)c1. The average molecular weight is 422 g/mol. The number of halogens is 2. The van der Waals surface area contributed by atoms with E-state index in [0.29, 0.717) is 18.8 Å². The second-order valence-corrected chi connectivity index (χ2v) is 6.74. The molecule has 2 aliphatic heterocycles. The zero-order valence-corrected chi connectivity index (χ0v) is 17.2. The maximum atomic E-state index is 9.08. The van der Waals surface area contributed by atoms with Crippen LogP contribution in [0.2, 0.25) is 0 Å². The Bertz CT molecular complexity index is 806. The Morgan fingerprint density at radius 2 is 1.89 bits per heavy atom. The lowest BCUT2D eigenvalue weighted by Gasteiger charge is -2.42. The normalized spacial score (nSPS) is 21.2. The van der Waals surface area contributed by atoms with Gasteiger partial charge in [-0.15, -0.1) is 24.8 Å². The monoisotopic (exact) mass is 421 g/mol. The first kappa shape index (κ1) is 22.5. The molecule has 0 saturated carbocycles. The van der Waals surface area contributed by atoms with E-state index in [1.165, 1.54) is 5.56 Å². The van der Waals surface area contributed by atoms with Crippen LogP contribution in [-0.2, 0) is 11.3 Å². The highest BCUT2D eigenvalue weighted by Crippen LogP contribution is 2.37. The highest BCUT2D eigenvalue weighted by molar-refractivity contribution is 5.85. The number of para-hydroxylation sites is 1. The van der Waals surface area contributed by atoms with Gasteiger partial charge in [0.15, 0.2) is 0 Å². The molecule has 0 amide bonds. The van der Waals surface area contributed by atoms with Gasteiger partial charge in [-0.05, 0) is 23.8 Å². The molecule has 0 unspecified atom stereocenters. The first-order valence-electron chi connectivity index (χ1n) is 9.12. The van der Waals surface area contributed by atoms with Crippen molar-refractivity contribution in [1.82, 2.24) is 10.2 Å². The second kappa shape index (κ2) is 10.7. The molecule has 0 aromatic heterocycles. The molecule has 0 spiro atoms. The average Bonchev–Trinajstić information content (AvgIpc) is 2.72. The molecule has 1 saturated heterocycles. The fourth-order valence-corrected chi connectivity index (χ4v) is 3.78. The van der Waals surface area contributed by atoms with Crippen molar-refractivity contribution in [1.29, 1.82) is 5.26 Å². The standard InChI is InChI=1S/C21H23N3O2.2ClH/c22-13-16-4-3-5-17(12-16)14-25-20-15-26-19-7-2-1-6-18(19)21(20)24-10-8-23-9-11-24;;/h1-7,12,20-21,23H,8-11,14-15H2;2*1H/t20-,21-;;/m1../s1. The summed E-state index contributed by atoms with van der Waals surface area (Å²) in [6.45, 7) is 5.02. The summed E-state index contributed by atoms with van der Waals surface area (Å²) in [5, 5.41) is 12.5. The summed E-state index contributed by atoms with van der Waals surface area (Å²) in [6, 6.07) is 18.2. The van der Waals surface area contributed by atoms with Crippen molar-refractivity contribution in [2.24, 2.45) is 0 Å². The summed E-state index contributed by atoms with van der Waals surface area (Å²) < 4.78 is 12.3. The summed E-state index contributed by atoms with van der Waals surface area (Å²) in [7, 11) is 0. The topological polar surface area (TPSA) is 57.5 Å². The molecule has 28 heavy (non-hydrogen) atoms. The zero-order chi connectivity index (χ0) is 17.8. The Kier molecular flexibility index (Phi) is 8.56. The minimum Gasteiger partial charge on any atom is -0.490 e. The largest absolute Gasteiger partial charge is 0.490 e. The molecule has 2 aromatic carbocycles. The van der Waals surface area contributed by atoms with Crippen LogP contribution in [0.15, 0.2) is 48.5 Å². The third kappa shape index (κ3) is 4.96. The van der Waals surface area contributed by atoms with Gasteiger partial charge in [-0.25, -0.2) is 0 Å². The van der Waals surface area contributed by atoms with E-state index in [1.807, 2.05) is 36.4 Å². The third-order valence-corrected chi connectivity index (χ3v) is 5.06. The number of fused-ring (bicyclic) bond motifs is 1. The third-order valence-electron chi connectivity index (χ3n) is 5.06. The van der Waals surface area contributed by atoms with Crippen molar-refractivity contribution in [3.05, 3.63) is 65.2 Å². The fraction of sp³-hybridized carbons (Fsp3) is 0.381. The van der Waals surface area contributed by atoms with Gasteiger partial charge < -0.3 is 14.8 Å². The summed E-state index contributed by atoms with van der Waals surface area (Å²) in [6.07, 6.45) is -0.0336.